The van der Waals surface area contributed by atoms with Crippen LogP contribution < -0.4 is 5.32 Å². The van der Waals surface area contributed by atoms with Crippen LogP contribution in [0.15, 0.2) is 65.7 Å². The first-order valence-corrected chi connectivity index (χ1v) is 8.08. The van der Waals surface area contributed by atoms with Crippen molar-refractivity contribution >= 4 is 5.69 Å². The van der Waals surface area contributed by atoms with Crippen LogP contribution in [0.3, 0.4) is 0 Å². The molecule has 0 fully saturated rings. The first-order valence-electron chi connectivity index (χ1n) is 8.08. The molecule has 2 aliphatic heterocycles. The minimum Gasteiger partial charge on any atom is -0.376 e. The molecule has 0 atom stereocenters. The molecule has 0 aromatic heterocycles. The van der Waals surface area contributed by atoms with Crippen LogP contribution in [0.1, 0.15) is 11.1 Å². The molecule has 1 aromatic rings. The van der Waals surface area contributed by atoms with Gasteiger partial charge < -0.3 is 15.1 Å². The van der Waals surface area contributed by atoms with Crippen molar-refractivity contribution in [3.63, 3.8) is 0 Å². The topological polar surface area (TPSA) is 18.5 Å². The predicted octanol–water partition coefficient (Wildman–Crippen LogP) is 3.81. The maximum Gasteiger partial charge on any atom is 0.106 e. The second-order valence-electron chi connectivity index (χ2n) is 6.46. The van der Waals surface area contributed by atoms with Crippen LogP contribution in [-0.2, 0) is 0 Å². The Labute approximate surface area is 139 Å². The normalized spacial score (nSPS) is 17.7. The average Bonchev–Trinajstić information content (AvgIpc) is 2.53. The lowest BCUT2D eigenvalue weighted by Crippen LogP contribution is -2.27. The van der Waals surface area contributed by atoms with E-state index in [2.05, 4.69) is 91.8 Å². The third-order valence-corrected chi connectivity index (χ3v) is 4.37. The van der Waals surface area contributed by atoms with Gasteiger partial charge in [0, 0.05) is 32.9 Å². The van der Waals surface area contributed by atoms with Crippen LogP contribution in [0.25, 0.3) is 0 Å². The maximum atomic E-state index is 3.61. The molecule has 3 heteroatoms. The van der Waals surface area contributed by atoms with Gasteiger partial charge in [0.2, 0.25) is 0 Å². The fourth-order valence-corrected chi connectivity index (χ4v) is 2.88. The van der Waals surface area contributed by atoms with Crippen molar-refractivity contribution in [3.05, 3.63) is 76.8 Å². The van der Waals surface area contributed by atoms with E-state index in [4.69, 9.17) is 0 Å². The van der Waals surface area contributed by atoms with Crippen LogP contribution in [0.5, 0.6) is 0 Å². The summed E-state index contributed by atoms with van der Waals surface area (Å²) in [4.78, 5) is 4.45. The average molecular weight is 307 g/mol. The summed E-state index contributed by atoms with van der Waals surface area (Å²) < 4.78 is 0. The van der Waals surface area contributed by atoms with E-state index in [0.29, 0.717) is 0 Å². The molecule has 120 valence electrons. The van der Waals surface area contributed by atoms with E-state index in [9.17, 15) is 0 Å². The standard InChI is InChI=1S/C20H25N3/c1-15-7-8-16(2)19(12-15)21-20-13-17(9-11-23(20)4)18-6-5-10-22(3)14-18/h5-10,12-13,21H,11,14H2,1-4H3. The summed E-state index contributed by atoms with van der Waals surface area (Å²) in [6, 6.07) is 6.53. The van der Waals surface area contributed by atoms with Crippen LogP contribution in [0.4, 0.5) is 5.69 Å². The summed E-state index contributed by atoms with van der Waals surface area (Å²) >= 11 is 0. The molecule has 2 heterocycles. The van der Waals surface area contributed by atoms with E-state index in [0.717, 1.165) is 18.9 Å². The molecule has 0 bridgehead atoms. The first kappa shape index (κ1) is 15.5. The third-order valence-electron chi connectivity index (χ3n) is 4.37. The Morgan fingerprint density at radius 3 is 2.74 bits per heavy atom. The summed E-state index contributed by atoms with van der Waals surface area (Å²) in [7, 11) is 4.23. The van der Waals surface area contributed by atoms with E-state index in [1.807, 2.05) is 0 Å². The molecule has 0 saturated carbocycles. The van der Waals surface area contributed by atoms with Gasteiger partial charge in [-0.3, -0.25) is 0 Å². The fourth-order valence-electron chi connectivity index (χ4n) is 2.88. The molecular formula is C20H25N3. The van der Waals surface area contributed by atoms with Gasteiger partial charge in [-0.05, 0) is 60.5 Å². The van der Waals surface area contributed by atoms with Crippen molar-refractivity contribution in [1.82, 2.24) is 9.80 Å². The second kappa shape index (κ2) is 6.37. The summed E-state index contributed by atoms with van der Waals surface area (Å²) in [5, 5.41) is 3.61. The summed E-state index contributed by atoms with van der Waals surface area (Å²) in [6.45, 7) is 6.15. The fraction of sp³-hybridized carbons (Fsp3) is 0.300. The molecule has 0 unspecified atom stereocenters. The molecule has 0 radical (unpaired) electrons. The summed E-state index contributed by atoms with van der Waals surface area (Å²) in [5.41, 5.74) is 6.39. The van der Waals surface area contributed by atoms with Crippen molar-refractivity contribution in [2.75, 3.05) is 32.5 Å². The Hall–Kier alpha value is -2.42. The number of benzene rings is 1. The van der Waals surface area contributed by atoms with Gasteiger partial charge in [0.25, 0.3) is 0 Å². The number of likely N-dealkylation sites (N-methyl/N-ethyl adjacent to an activating group) is 2. The van der Waals surface area contributed by atoms with Crippen molar-refractivity contribution < 1.29 is 0 Å². The summed E-state index contributed by atoms with van der Waals surface area (Å²) in [6.07, 6.45) is 11.0. The molecule has 0 spiro atoms. The second-order valence-corrected chi connectivity index (χ2v) is 6.46. The lowest BCUT2D eigenvalue weighted by atomic mass is 10.0. The van der Waals surface area contributed by atoms with Crippen LogP contribution in [-0.4, -0.2) is 37.0 Å². The highest BCUT2D eigenvalue weighted by atomic mass is 15.2. The zero-order chi connectivity index (χ0) is 16.4. The Bertz CT molecular complexity index is 722. The van der Waals surface area contributed by atoms with Crippen LogP contribution >= 0.6 is 0 Å². The predicted molar refractivity (Wildman–Crippen MR) is 98.2 cm³/mol. The maximum absolute atomic E-state index is 3.61. The van der Waals surface area contributed by atoms with E-state index in [1.165, 1.54) is 28.0 Å². The molecular weight excluding hydrogens is 282 g/mol. The largest absolute Gasteiger partial charge is 0.376 e. The number of nitrogens with zero attached hydrogens (tertiary/aromatic N) is 2. The Balaban J connectivity index is 1.86. The van der Waals surface area contributed by atoms with Gasteiger partial charge in [-0.15, -0.1) is 0 Å². The highest BCUT2D eigenvalue weighted by molar-refractivity contribution is 5.58. The van der Waals surface area contributed by atoms with E-state index >= 15 is 0 Å². The van der Waals surface area contributed by atoms with Crippen LogP contribution in [0.2, 0.25) is 0 Å². The zero-order valence-electron chi connectivity index (χ0n) is 14.4. The Kier molecular flexibility index (Phi) is 4.28. The molecule has 2 aliphatic rings. The molecule has 3 nitrogen and oxygen atoms in total. The molecule has 0 aliphatic carbocycles. The van der Waals surface area contributed by atoms with Gasteiger partial charge in [0.1, 0.15) is 5.82 Å². The van der Waals surface area contributed by atoms with Crippen molar-refractivity contribution in [2.24, 2.45) is 0 Å². The Morgan fingerprint density at radius 2 is 1.96 bits per heavy atom. The highest BCUT2D eigenvalue weighted by Crippen LogP contribution is 2.25. The zero-order valence-corrected chi connectivity index (χ0v) is 14.4. The molecule has 1 N–H and O–H groups in total. The van der Waals surface area contributed by atoms with E-state index in [1.54, 1.807) is 0 Å². The van der Waals surface area contributed by atoms with Crippen molar-refractivity contribution in [1.29, 1.82) is 0 Å². The Morgan fingerprint density at radius 1 is 1.13 bits per heavy atom. The number of hydrogen-bond donors (Lipinski definition) is 1. The summed E-state index contributed by atoms with van der Waals surface area (Å²) in [5.74, 6) is 1.15. The van der Waals surface area contributed by atoms with Gasteiger partial charge in [-0.1, -0.05) is 24.3 Å². The molecule has 1 aromatic carbocycles. The third kappa shape index (κ3) is 3.50. The van der Waals surface area contributed by atoms with Gasteiger partial charge >= 0.3 is 0 Å². The van der Waals surface area contributed by atoms with Gasteiger partial charge in [-0.2, -0.15) is 0 Å². The number of nitrogens with one attached hydrogen (secondary N) is 1. The molecule has 23 heavy (non-hydrogen) atoms. The monoisotopic (exact) mass is 307 g/mol. The smallest absolute Gasteiger partial charge is 0.106 e. The number of hydrogen-bond acceptors (Lipinski definition) is 3. The van der Waals surface area contributed by atoms with E-state index < -0.39 is 0 Å². The number of aryl methyl sites for hydroxylation is 2. The van der Waals surface area contributed by atoms with Gasteiger partial charge in [0.15, 0.2) is 0 Å². The number of anilines is 1. The molecule has 0 saturated heterocycles. The minimum absolute atomic E-state index is 0.920. The molecule has 0 amide bonds. The lowest BCUT2D eigenvalue weighted by Gasteiger charge is -2.29. The highest BCUT2D eigenvalue weighted by Gasteiger charge is 2.15. The first-order chi connectivity index (χ1) is 11.0. The number of rotatable bonds is 3. The van der Waals surface area contributed by atoms with Gasteiger partial charge in [0.05, 0.1) is 0 Å². The van der Waals surface area contributed by atoms with Crippen molar-refractivity contribution in [3.8, 4) is 0 Å². The minimum atomic E-state index is 0.920. The lowest BCUT2D eigenvalue weighted by molar-refractivity contribution is 0.459. The van der Waals surface area contributed by atoms with Crippen molar-refractivity contribution in [2.45, 2.75) is 13.8 Å². The van der Waals surface area contributed by atoms with Crippen LogP contribution in [0, 0.1) is 13.8 Å². The molecule has 3 rings (SSSR count). The van der Waals surface area contributed by atoms with E-state index in [-0.39, 0.29) is 0 Å². The van der Waals surface area contributed by atoms with Gasteiger partial charge in [-0.25, -0.2) is 0 Å². The SMILES string of the molecule is Cc1ccc(C)c(NC2=CC(C3=CC=CN(C)C3)=CCN2C)c1. The number of allylic oxidation sites excluding steroid dienone is 3. The quantitative estimate of drug-likeness (QED) is 0.916.